The summed E-state index contributed by atoms with van der Waals surface area (Å²) in [5.74, 6) is -1.56. The van der Waals surface area contributed by atoms with E-state index >= 15 is 0 Å². The molecule has 1 N–H and O–H groups in total. The summed E-state index contributed by atoms with van der Waals surface area (Å²) >= 11 is 3.20. The van der Waals surface area contributed by atoms with Crippen LogP contribution in [0.5, 0.6) is 5.75 Å². The highest BCUT2D eigenvalue weighted by molar-refractivity contribution is 9.10. The molecule has 0 radical (unpaired) electrons. The molecule has 0 heterocycles. The number of ketones is 1. The first-order valence-electron chi connectivity index (χ1n) is 8.19. The maximum Gasteiger partial charge on any atom is 0.343 e. The monoisotopic (exact) mass is 435 g/mol. The highest BCUT2D eigenvalue weighted by atomic mass is 79.9. The fourth-order valence-corrected chi connectivity index (χ4v) is 2.62. The molecule has 0 amide bonds. The lowest BCUT2D eigenvalue weighted by molar-refractivity contribution is -0.138. The third kappa shape index (κ3) is 5.65. The molecule has 0 bridgehead atoms. The SMILES string of the molecule is CCOC(=O)C(=CNCc1ccc(OC)cc1)C(=O)c1cc(Br)ccc1F. The van der Waals surface area contributed by atoms with E-state index in [9.17, 15) is 14.0 Å². The predicted octanol–water partition coefficient (Wildman–Crippen LogP) is 4.02. The first kappa shape index (κ1) is 20.6. The van der Waals surface area contributed by atoms with Crippen LogP contribution >= 0.6 is 15.9 Å². The van der Waals surface area contributed by atoms with Gasteiger partial charge in [0.25, 0.3) is 0 Å². The number of carbonyl (C=O) groups excluding carboxylic acids is 2. The van der Waals surface area contributed by atoms with Crippen molar-refractivity contribution in [3.63, 3.8) is 0 Å². The number of benzene rings is 2. The van der Waals surface area contributed by atoms with Gasteiger partial charge in [-0.3, -0.25) is 4.79 Å². The van der Waals surface area contributed by atoms with E-state index in [2.05, 4.69) is 21.2 Å². The molecular formula is C20H19BrFNO4. The molecule has 7 heteroatoms. The van der Waals surface area contributed by atoms with Crippen molar-refractivity contribution < 1.29 is 23.5 Å². The van der Waals surface area contributed by atoms with Crippen molar-refractivity contribution >= 4 is 27.7 Å². The number of hydrogen-bond donors (Lipinski definition) is 1. The first-order chi connectivity index (χ1) is 13.0. The van der Waals surface area contributed by atoms with Crippen LogP contribution in [0.2, 0.25) is 0 Å². The molecule has 0 saturated carbocycles. The third-order valence-corrected chi connectivity index (χ3v) is 4.12. The molecule has 2 aromatic rings. The molecule has 0 unspecified atom stereocenters. The van der Waals surface area contributed by atoms with Gasteiger partial charge >= 0.3 is 5.97 Å². The largest absolute Gasteiger partial charge is 0.497 e. The minimum atomic E-state index is -0.816. The van der Waals surface area contributed by atoms with Crippen LogP contribution in [0.3, 0.4) is 0 Å². The van der Waals surface area contributed by atoms with Crippen molar-refractivity contribution in [3.05, 3.63) is 75.7 Å². The number of methoxy groups -OCH3 is 1. The number of ether oxygens (including phenoxy) is 2. The van der Waals surface area contributed by atoms with E-state index in [-0.39, 0.29) is 17.7 Å². The average molecular weight is 436 g/mol. The Balaban J connectivity index is 2.22. The van der Waals surface area contributed by atoms with Gasteiger partial charge in [0.05, 0.1) is 19.3 Å². The Kier molecular flexibility index (Phi) is 7.55. The lowest BCUT2D eigenvalue weighted by atomic mass is 10.0. The zero-order valence-corrected chi connectivity index (χ0v) is 16.5. The highest BCUT2D eigenvalue weighted by Gasteiger charge is 2.24. The van der Waals surface area contributed by atoms with Gasteiger partial charge in [-0.05, 0) is 42.8 Å². The van der Waals surface area contributed by atoms with E-state index in [1.165, 1.54) is 18.3 Å². The van der Waals surface area contributed by atoms with Gasteiger partial charge in [-0.2, -0.15) is 0 Å². The van der Waals surface area contributed by atoms with Gasteiger partial charge in [0.2, 0.25) is 5.78 Å². The molecule has 27 heavy (non-hydrogen) atoms. The number of halogens is 2. The Morgan fingerprint density at radius 1 is 1.19 bits per heavy atom. The number of carbonyl (C=O) groups is 2. The lowest BCUT2D eigenvalue weighted by Gasteiger charge is -2.09. The first-order valence-corrected chi connectivity index (χ1v) is 8.99. The van der Waals surface area contributed by atoms with Crippen LogP contribution in [-0.2, 0) is 16.1 Å². The second kappa shape index (κ2) is 9.87. The second-order valence-corrected chi connectivity index (χ2v) is 6.38. The van der Waals surface area contributed by atoms with E-state index in [1.807, 2.05) is 12.1 Å². The molecule has 0 aromatic heterocycles. The Bertz CT molecular complexity index is 850. The number of nitrogens with one attached hydrogen (secondary N) is 1. The topological polar surface area (TPSA) is 64.6 Å². The van der Waals surface area contributed by atoms with E-state index in [1.54, 1.807) is 26.2 Å². The summed E-state index contributed by atoms with van der Waals surface area (Å²) in [4.78, 5) is 24.9. The van der Waals surface area contributed by atoms with Gasteiger partial charge in [-0.1, -0.05) is 28.1 Å². The molecular weight excluding hydrogens is 417 g/mol. The van der Waals surface area contributed by atoms with Crippen LogP contribution < -0.4 is 10.1 Å². The van der Waals surface area contributed by atoms with Gasteiger partial charge in [0, 0.05) is 17.2 Å². The summed E-state index contributed by atoms with van der Waals surface area (Å²) in [5, 5.41) is 2.90. The molecule has 0 aliphatic carbocycles. The van der Waals surface area contributed by atoms with Crippen molar-refractivity contribution in [1.82, 2.24) is 5.32 Å². The van der Waals surface area contributed by atoms with Gasteiger partial charge in [-0.25, -0.2) is 9.18 Å². The minimum absolute atomic E-state index is 0.100. The fraction of sp³-hybridized carbons (Fsp3) is 0.200. The van der Waals surface area contributed by atoms with Gasteiger partial charge in [0.15, 0.2) is 0 Å². The standard InChI is InChI=1S/C20H19BrFNO4/c1-3-27-20(25)17(19(24)16-10-14(21)6-9-18(16)22)12-23-11-13-4-7-15(26-2)8-5-13/h4-10,12,23H,3,11H2,1-2H3. The van der Waals surface area contributed by atoms with Gasteiger partial charge in [0.1, 0.15) is 17.1 Å². The number of Topliss-reactive ketones (excluding diaryl/α,β-unsaturated/α-hetero) is 1. The maximum absolute atomic E-state index is 14.0. The zero-order chi connectivity index (χ0) is 19.8. The van der Waals surface area contributed by atoms with Crippen LogP contribution in [0.15, 0.2) is 58.7 Å². The van der Waals surface area contributed by atoms with Crippen molar-refractivity contribution in [1.29, 1.82) is 0 Å². The summed E-state index contributed by atoms with van der Waals surface area (Å²) in [7, 11) is 1.58. The van der Waals surface area contributed by atoms with Crippen molar-refractivity contribution in [3.8, 4) is 5.75 Å². The van der Waals surface area contributed by atoms with Crippen molar-refractivity contribution in [2.45, 2.75) is 13.5 Å². The van der Waals surface area contributed by atoms with Crippen LogP contribution in [0.25, 0.3) is 0 Å². The normalized spacial score (nSPS) is 11.0. The summed E-state index contributed by atoms with van der Waals surface area (Å²) in [5.41, 5.74) is 0.425. The molecule has 5 nitrogen and oxygen atoms in total. The summed E-state index contributed by atoms with van der Waals surface area (Å²) in [6, 6.07) is 11.3. The highest BCUT2D eigenvalue weighted by Crippen LogP contribution is 2.19. The Hall–Kier alpha value is -2.67. The number of hydrogen-bond acceptors (Lipinski definition) is 5. The van der Waals surface area contributed by atoms with Crippen LogP contribution in [-0.4, -0.2) is 25.5 Å². The number of rotatable bonds is 8. The van der Waals surface area contributed by atoms with Crippen LogP contribution in [0.1, 0.15) is 22.8 Å². The van der Waals surface area contributed by atoms with Gasteiger partial charge < -0.3 is 14.8 Å². The Labute approximate surface area is 165 Å². The molecule has 0 atom stereocenters. The lowest BCUT2D eigenvalue weighted by Crippen LogP contribution is -2.20. The van der Waals surface area contributed by atoms with Crippen molar-refractivity contribution in [2.75, 3.05) is 13.7 Å². The minimum Gasteiger partial charge on any atom is -0.497 e. The van der Waals surface area contributed by atoms with E-state index in [4.69, 9.17) is 9.47 Å². The molecule has 0 saturated heterocycles. The molecule has 0 fully saturated rings. The molecule has 0 aliphatic rings. The molecule has 142 valence electrons. The third-order valence-electron chi connectivity index (χ3n) is 3.62. The molecule has 2 rings (SSSR count). The fourth-order valence-electron chi connectivity index (χ4n) is 2.26. The van der Waals surface area contributed by atoms with Crippen molar-refractivity contribution in [2.24, 2.45) is 0 Å². The average Bonchev–Trinajstić information content (AvgIpc) is 2.67. The zero-order valence-electron chi connectivity index (χ0n) is 14.9. The number of esters is 1. The van der Waals surface area contributed by atoms with Crippen LogP contribution in [0.4, 0.5) is 4.39 Å². The second-order valence-electron chi connectivity index (χ2n) is 5.46. The Morgan fingerprint density at radius 3 is 2.52 bits per heavy atom. The quantitative estimate of drug-likeness (QED) is 0.223. The van der Waals surface area contributed by atoms with E-state index in [0.717, 1.165) is 17.4 Å². The maximum atomic E-state index is 14.0. The summed E-state index contributed by atoms with van der Waals surface area (Å²) in [6.45, 7) is 2.09. The molecule has 2 aromatic carbocycles. The summed E-state index contributed by atoms with van der Waals surface area (Å²) < 4.78 is 24.6. The molecule has 0 spiro atoms. The smallest absolute Gasteiger partial charge is 0.343 e. The molecule has 0 aliphatic heterocycles. The predicted molar refractivity (Wildman–Crippen MR) is 103 cm³/mol. The van der Waals surface area contributed by atoms with E-state index < -0.39 is 17.6 Å². The van der Waals surface area contributed by atoms with E-state index in [0.29, 0.717) is 11.0 Å². The van der Waals surface area contributed by atoms with Gasteiger partial charge in [-0.15, -0.1) is 0 Å². The summed E-state index contributed by atoms with van der Waals surface area (Å²) in [6.07, 6.45) is 1.25. The van der Waals surface area contributed by atoms with Crippen LogP contribution in [0, 0.1) is 5.82 Å². The Morgan fingerprint density at radius 2 is 1.89 bits per heavy atom.